The zero-order valence-electron chi connectivity index (χ0n) is 11.3. The van der Waals surface area contributed by atoms with E-state index < -0.39 is 0 Å². The lowest BCUT2D eigenvalue weighted by atomic mass is 9.93. The molecule has 19 heavy (non-hydrogen) atoms. The van der Waals surface area contributed by atoms with Gasteiger partial charge in [0.25, 0.3) is 5.91 Å². The Balaban J connectivity index is 0.00000180. The minimum absolute atomic E-state index is 0. The number of nitrogens with one attached hydrogen (secondary N) is 2. The summed E-state index contributed by atoms with van der Waals surface area (Å²) in [6.07, 6.45) is 4.09. The number of carbonyl (C=O) groups excluding carboxylic acids is 1. The number of rotatable bonds is 3. The van der Waals surface area contributed by atoms with E-state index in [0.717, 1.165) is 13.1 Å². The molecule has 2 heterocycles. The van der Waals surface area contributed by atoms with Crippen molar-refractivity contribution in [2.75, 3.05) is 13.1 Å². The first kappa shape index (κ1) is 16.3. The van der Waals surface area contributed by atoms with Gasteiger partial charge in [-0.3, -0.25) is 4.79 Å². The third kappa shape index (κ3) is 4.13. The number of hydrogen-bond donors (Lipinski definition) is 2. The van der Waals surface area contributed by atoms with Crippen LogP contribution in [0.1, 0.15) is 30.3 Å². The van der Waals surface area contributed by atoms with Crippen molar-refractivity contribution in [3.05, 3.63) is 23.0 Å². The summed E-state index contributed by atoms with van der Waals surface area (Å²) in [5, 5.41) is 7.02. The van der Waals surface area contributed by atoms with Gasteiger partial charge in [0.2, 0.25) is 0 Å². The Labute approximate surface area is 125 Å². The molecule has 0 aromatic carbocycles. The van der Waals surface area contributed by atoms with Crippen molar-refractivity contribution in [1.82, 2.24) is 15.2 Å². The Hall–Kier alpha value is -0.710. The van der Waals surface area contributed by atoms with E-state index in [0.29, 0.717) is 16.6 Å². The van der Waals surface area contributed by atoms with Crippen molar-refractivity contribution in [1.29, 1.82) is 0 Å². The highest BCUT2D eigenvalue weighted by atomic mass is 35.5. The molecule has 0 radical (unpaired) electrons. The van der Waals surface area contributed by atoms with Crippen LogP contribution < -0.4 is 10.6 Å². The molecule has 1 aromatic heterocycles. The molecule has 1 aromatic rings. The molecule has 1 amide bonds. The van der Waals surface area contributed by atoms with E-state index in [4.69, 9.17) is 11.6 Å². The number of aryl methyl sites for hydroxylation is 1. The van der Waals surface area contributed by atoms with Gasteiger partial charge in [-0.2, -0.15) is 0 Å². The van der Waals surface area contributed by atoms with Crippen LogP contribution in [0.2, 0.25) is 5.02 Å². The van der Waals surface area contributed by atoms with Gasteiger partial charge in [-0.25, -0.2) is 0 Å². The van der Waals surface area contributed by atoms with E-state index in [-0.39, 0.29) is 24.4 Å². The van der Waals surface area contributed by atoms with Crippen molar-refractivity contribution in [3.8, 4) is 0 Å². The van der Waals surface area contributed by atoms with Crippen LogP contribution in [-0.2, 0) is 7.05 Å². The molecule has 6 heteroatoms. The van der Waals surface area contributed by atoms with Gasteiger partial charge >= 0.3 is 0 Å². The second-order valence-corrected chi connectivity index (χ2v) is 5.46. The average Bonchev–Trinajstić information content (AvgIpc) is 2.69. The van der Waals surface area contributed by atoms with E-state index in [1.165, 1.54) is 12.8 Å². The number of amides is 1. The maximum absolute atomic E-state index is 12.1. The molecule has 0 saturated carbocycles. The van der Waals surface area contributed by atoms with Gasteiger partial charge in [0.1, 0.15) is 5.69 Å². The molecule has 2 N–H and O–H groups in total. The normalized spacial score (nSPS) is 20.5. The molecule has 1 aliphatic rings. The van der Waals surface area contributed by atoms with E-state index in [9.17, 15) is 4.79 Å². The summed E-state index contributed by atoms with van der Waals surface area (Å²) in [4.78, 5) is 12.1. The maximum Gasteiger partial charge on any atom is 0.268 e. The number of nitrogens with zero attached hydrogens (tertiary/aromatic N) is 1. The lowest BCUT2D eigenvalue weighted by molar-refractivity contribution is 0.0913. The van der Waals surface area contributed by atoms with Crippen LogP contribution in [-0.4, -0.2) is 29.6 Å². The zero-order valence-corrected chi connectivity index (χ0v) is 12.9. The minimum Gasteiger partial charge on any atom is -0.348 e. The molecule has 0 aliphatic carbocycles. The van der Waals surface area contributed by atoms with Gasteiger partial charge in [-0.05, 0) is 44.8 Å². The fourth-order valence-corrected chi connectivity index (χ4v) is 2.70. The number of hydrogen-bond acceptors (Lipinski definition) is 2. The maximum atomic E-state index is 12.1. The minimum atomic E-state index is -0.0533. The number of carbonyl (C=O) groups is 1. The molecule has 2 unspecified atom stereocenters. The van der Waals surface area contributed by atoms with Gasteiger partial charge in [0, 0.05) is 19.3 Å². The number of halogens is 2. The third-order valence-corrected chi connectivity index (χ3v) is 3.81. The Kier molecular flexibility index (Phi) is 6.17. The highest BCUT2D eigenvalue weighted by Gasteiger charge is 2.22. The predicted octanol–water partition coefficient (Wildman–Crippen LogP) is 2.22. The zero-order chi connectivity index (χ0) is 13.1. The second-order valence-electron chi connectivity index (χ2n) is 5.02. The fourth-order valence-electron chi connectivity index (χ4n) is 2.45. The Morgan fingerprint density at radius 1 is 1.63 bits per heavy atom. The number of piperidine rings is 1. The summed E-state index contributed by atoms with van der Waals surface area (Å²) in [7, 11) is 1.83. The van der Waals surface area contributed by atoms with Gasteiger partial charge < -0.3 is 15.2 Å². The van der Waals surface area contributed by atoms with Crippen LogP contribution in [0.4, 0.5) is 0 Å². The van der Waals surface area contributed by atoms with Crippen molar-refractivity contribution in [2.24, 2.45) is 13.0 Å². The van der Waals surface area contributed by atoms with E-state index in [1.54, 1.807) is 16.8 Å². The van der Waals surface area contributed by atoms with Crippen molar-refractivity contribution in [3.63, 3.8) is 0 Å². The Morgan fingerprint density at radius 3 is 2.89 bits per heavy atom. The summed E-state index contributed by atoms with van der Waals surface area (Å²) in [6, 6.07) is 1.88. The summed E-state index contributed by atoms with van der Waals surface area (Å²) in [5.74, 6) is 0.459. The van der Waals surface area contributed by atoms with Crippen LogP contribution in [0.3, 0.4) is 0 Å². The smallest absolute Gasteiger partial charge is 0.268 e. The molecule has 2 rings (SSSR count). The van der Waals surface area contributed by atoms with Gasteiger partial charge in [-0.1, -0.05) is 11.6 Å². The Bertz CT molecular complexity index is 428. The van der Waals surface area contributed by atoms with Crippen molar-refractivity contribution < 1.29 is 4.79 Å². The lowest BCUT2D eigenvalue weighted by Gasteiger charge is -2.28. The van der Waals surface area contributed by atoms with Crippen molar-refractivity contribution >= 4 is 29.9 Å². The molecule has 0 spiro atoms. The quantitative estimate of drug-likeness (QED) is 0.899. The van der Waals surface area contributed by atoms with E-state index in [1.807, 2.05) is 7.05 Å². The highest BCUT2D eigenvalue weighted by molar-refractivity contribution is 6.31. The molecule has 1 aliphatic heterocycles. The summed E-state index contributed by atoms with van der Waals surface area (Å²) >= 11 is 5.88. The summed E-state index contributed by atoms with van der Waals surface area (Å²) < 4.78 is 1.75. The second kappa shape index (κ2) is 7.17. The first-order valence-corrected chi connectivity index (χ1v) is 6.79. The molecular weight excluding hydrogens is 285 g/mol. The monoisotopic (exact) mass is 305 g/mol. The van der Waals surface area contributed by atoms with Crippen LogP contribution in [0.25, 0.3) is 0 Å². The van der Waals surface area contributed by atoms with E-state index >= 15 is 0 Å². The fraction of sp³-hybridized carbons (Fsp3) is 0.615. The first-order chi connectivity index (χ1) is 8.58. The first-order valence-electron chi connectivity index (χ1n) is 6.41. The highest BCUT2D eigenvalue weighted by Crippen LogP contribution is 2.16. The SMILES string of the molecule is CC(NC(=O)c1cc(Cl)cn1C)C1CCCNC1.Cl. The molecular formula is C13H21Cl2N3O. The number of aromatic nitrogens is 1. The molecule has 108 valence electrons. The van der Waals surface area contributed by atoms with Gasteiger partial charge in [0.15, 0.2) is 0 Å². The summed E-state index contributed by atoms with van der Waals surface area (Å²) in [5.41, 5.74) is 0.607. The standard InChI is InChI=1S/C13H20ClN3O.ClH/c1-9(10-4-3-5-15-7-10)16-13(18)12-6-11(14)8-17(12)2;/h6,8-10,15H,3-5,7H2,1-2H3,(H,16,18);1H. The Morgan fingerprint density at radius 2 is 2.37 bits per heavy atom. The largest absolute Gasteiger partial charge is 0.348 e. The van der Waals surface area contributed by atoms with Crippen LogP contribution in [0.15, 0.2) is 12.3 Å². The summed E-state index contributed by atoms with van der Waals surface area (Å²) in [6.45, 7) is 4.14. The van der Waals surface area contributed by atoms with Crippen LogP contribution in [0.5, 0.6) is 0 Å². The molecule has 2 atom stereocenters. The average molecular weight is 306 g/mol. The molecule has 1 saturated heterocycles. The van der Waals surface area contributed by atoms with Gasteiger partial charge in [0.05, 0.1) is 5.02 Å². The third-order valence-electron chi connectivity index (χ3n) is 3.61. The van der Waals surface area contributed by atoms with Crippen LogP contribution >= 0.6 is 24.0 Å². The van der Waals surface area contributed by atoms with Crippen molar-refractivity contribution in [2.45, 2.75) is 25.8 Å². The lowest BCUT2D eigenvalue weighted by Crippen LogP contribution is -2.44. The molecule has 1 fully saturated rings. The van der Waals surface area contributed by atoms with E-state index in [2.05, 4.69) is 17.6 Å². The molecule has 0 bridgehead atoms. The van der Waals surface area contributed by atoms with Gasteiger partial charge in [-0.15, -0.1) is 12.4 Å². The van der Waals surface area contributed by atoms with Crippen LogP contribution in [0, 0.1) is 5.92 Å². The predicted molar refractivity (Wildman–Crippen MR) is 80.2 cm³/mol. The molecule has 4 nitrogen and oxygen atoms in total. The topological polar surface area (TPSA) is 46.1 Å².